The quantitative estimate of drug-likeness (QED) is 0.556. The van der Waals surface area contributed by atoms with Crippen molar-refractivity contribution in [2.24, 2.45) is 0 Å². The van der Waals surface area contributed by atoms with Crippen LogP contribution in [0.5, 0.6) is 5.75 Å². The lowest BCUT2D eigenvalue weighted by Crippen LogP contribution is -2.26. The first kappa shape index (κ1) is 12.9. The summed E-state index contributed by atoms with van der Waals surface area (Å²) >= 11 is 0. The van der Waals surface area contributed by atoms with Crippen molar-refractivity contribution >= 4 is 11.6 Å². The summed E-state index contributed by atoms with van der Waals surface area (Å²) < 4.78 is 0. The number of nitrogen functional groups attached to an aromatic ring is 1. The second-order valence-electron chi connectivity index (χ2n) is 4.27. The summed E-state index contributed by atoms with van der Waals surface area (Å²) in [7, 11) is 1.64. The number of hydrogen-bond acceptors (Lipinski definition) is 5. The molecule has 1 aromatic heterocycles. The number of hydrogen-bond donors (Lipinski definition) is 3. The molecule has 4 N–H and O–H groups in total. The molecule has 1 amide bonds. The number of aromatic amines is 1. The lowest BCUT2D eigenvalue weighted by molar-refractivity contribution is 0.0781. The summed E-state index contributed by atoms with van der Waals surface area (Å²) in [5.41, 5.74) is 6.09. The number of H-pyrrole nitrogens is 1. The largest absolute Gasteiger partial charge is 0.506 e. The average Bonchev–Trinajstić information content (AvgIpc) is 2.77. The second kappa shape index (κ2) is 4.97. The van der Waals surface area contributed by atoms with E-state index < -0.39 is 0 Å². The van der Waals surface area contributed by atoms with E-state index in [4.69, 9.17) is 5.73 Å². The first-order chi connectivity index (χ1) is 8.97. The van der Waals surface area contributed by atoms with Crippen LogP contribution in [-0.2, 0) is 6.54 Å². The van der Waals surface area contributed by atoms with Gasteiger partial charge in [-0.2, -0.15) is 5.10 Å². The zero-order valence-corrected chi connectivity index (χ0v) is 10.7. The fourth-order valence-corrected chi connectivity index (χ4v) is 1.64. The Hall–Kier alpha value is -2.57. The maximum Gasteiger partial charge on any atom is 0.254 e. The molecule has 1 heterocycles. The molecule has 7 nitrogen and oxygen atoms in total. The molecule has 0 bridgehead atoms. The fraction of sp³-hybridized carbons (Fsp3) is 0.250. The van der Waals surface area contributed by atoms with Crippen LogP contribution >= 0.6 is 0 Å². The molecular weight excluding hydrogens is 246 g/mol. The average molecular weight is 261 g/mol. The number of carbonyl (C=O) groups is 1. The molecule has 0 fully saturated rings. The lowest BCUT2D eigenvalue weighted by atomic mass is 10.1. The van der Waals surface area contributed by atoms with Crippen molar-refractivity contribution in [3.8, 4) is 5.75 Å². The van der Waals surface area contributed by atoms with Crippen molar-refractivity contribution in [1.29, 1.82) is 0 Å². The molecule has 2 aromatic rings. The Bertz CT molecular complexity index is 608. The van der Waals surface area contributed by atoms with E-state index >= 15 is 0 Å². The molecule has 0 aliphatic carbocycles. The molecule has 0 saturated heterocycles. The predicted octanol–water partition coefficient (Wildman–Crippen LogP) is 0.673. The molecule has 100 valence electrons. The van der Waals surface area contributed by atoms with E-state index in [-0.39, 0.29) is 23.9 Å². The minimum atomic E-state index is -0.238. The zero-order valence-electron chi connectivity index (χ0n) is 10.7. The summed E-state index contributed by atoms with van der Waals surface area (Å²) in [5.74, 6) is 0.889. The van der Waals surface area contributed by atoms with Gasteiger partial charge < -0.3 is 15.7 Å². The van der Waals surface area contributed by atoms with E-state index in [1.807, 2.05) is 0 Å². The highest BCUT2D eigenvalue weighted by Gasteiger charge is 2.15. The van der Waals surface area contributed by atoms with Crippen molar-refractivity contribution in [3.05, 3.63) is 35.4 Å². The van der Waals surface area contributed by atoms with Crippen LogP contribution in [0, 0.1) is 6.92 Å². The molecule has 0 aliphatic heterocycles. The van der Waals surface area contributed by atoms with Gasteiger partial charge in [-0.1, -0.05) is 0 Å². The number of aromatic hydroxyl groups is 1. The molecule has 0 spiro atoms. The monoisotopic (exact) mass is 261 g/mol. The van der Waals surface area contributed by atoms with Crippen molar-refractivity contribution in [2.75, 3.05) is 12.8 Å². The van der Waals surface area contributed by atoms with E-state index in [1.54, 1.807) is 20.0 Å². The van der Waals surface area contributed by atoms with Crippen LogP contribution in [0.4, 0.5) is 5.69 Å². The number of nitrogens with two attached hydrogens (primary N) is 1. The minimum Gasteiger partial charge on any atom is -0.506 e. The molecule has 0 radical (unpaired) electrons. The molecule has 2 rings (SSSR count). The van der Waals surface area contributed by atoms with Gasteiger partial charge in [0, 0.05) is 12.6 Å². The van der Waals surface area contributed by atoms with E-state index in [1.165, 1.54) is 17.0 Å². The Kier molecular flexibility index (Phi) is 3.37. The smallest absolute Gasteiger partial charge is 0.254 e. The third-order valence-corrected chi connectivity index (χ3v) is 2.65. The fourth-order valence-electron chi connectivity index (χ4n) is 1.64. The van der Waals surface area contributed by atoms with Crippen molar-refractivity contribution in [2.45, 2.75) is 13.5 Å². The standard InChI is InChI=1S/C12H15N5O2/c1-7-14-11(16-15-7)6-17(2)12(19)8-3-4-9(13)10(18)5-8/h3-5,18H,6,13H2,1-2H3,(H,14,15,16). The van der Waals surface area contributed by atoms with Crippen molar-refractivity contribution < 1.29 is 9.90 Å². The number of phenols is 1. The number of anilines is 1. The van der Waals surface area contributed by atoms with Crippen molar-refractivity contribution in [1.82, 2.24) is 20.1 Å². The van der Waals surface area contributed by atoms with Crippen LogP contribution in [0.25, 0.3) is 0 Å². The number of phenolic OH excluding ortho intramolecular Hbond substituents is 1. The first-order valence-electron chi connectivity index (χ1n) is 5.69. The molecule has 1 aromatic carbocycles. The van der Waals surface area contributed by atoms with E-state index in [0.29, 0.717) is 17.2 Å². The summed E-state index contributed by atoms with van der Waals surface area (Å²) in [5, 5.41) is 16.2. The number of aromatic nitrogens is 3. The van der Waals surface area contributed by atoms with Crippen LogP contribution in [0.3, 0.4) is 0 Å². The summed E-state index contributed by atoms with van der Waals surface area (Å²) in [6, 6.07) is 4.40. The SMILES string of the molecule is Cc1nc(CN(C)C(=O)c2ccc(N)c(O)c2)n[nH]1. The highest BCUT2D eigenvalue weighted by Crippen LogP contribution is 2.21. The Morgan fingerprint density at radius 1 is 1.53 bits per heavy atom. The van der Waals surface area contributed by atoms with Gasteiger partial charge in [0.15, 0.2) is 5.82 Å². The number of aryl methyl sites for hydroxylation is 1. The molecule has 0 aliphatic rings. The molecule has 0 saturated carbocycles. The normalized spacial score (nSPS) is 10.4. The Morgan fingerprint density at radius 3 is 2.84 bits per heavy atom. The van der Waals surface area contributed by atoms with Gasteiger partial charge in [0.2, 0.25) is 0 Å². The second-order valence-corrected chi connectivity index (χ2v) is 4.27. The van der Waals surface area contributed by atoms with Gasteiger partial charge in [0.1, 0.15) is 11.6 Å². The Balaban J connectivity index is 2.12. The summed E-state index contributed by atoms with van der Waals surface area (Å²) in [6.45, 7) is 2.07. The van der Waals surface area contributed by atoms with E-state index in [9.17, 15) is 9.90 Å². The van der Waals surface area contributed by atoms with Gasteiger partial charge in [0.05, 0.1) is 12.2 Å². The number of nitrogens with zero attached hydrogens (tertiary/aromatic N) is 3. The molecular formula is C12H15N5O2. The lowest BCUT2D eigenvalue weighted by Gasteiger charge is -2.15. The van der Waals surface area contributed by atoms with Crippen LogP contribution in [0.1, 0.15) is 22.0 Å². The number of benzene rings is 1. The number of carbonyl (C=O) groups excluding carboxylic acids is 1. The van der Waals surface area contributed by atoms with Crippen LogP contribution < -0.4 is 5.73 Å². The summed E-state index contributed by atoms with van der Waals surface area (Å²) in [6.07, 6.45) is 0. The maximum atomic E-state index is 12.1. The van der Waals surface area contributed by atoms with Crippen LogP contribution in [0.2, 0.25) is 0 Å². The van der Waals surface area contributed by atoms with Gasteiger partial charge in [-0.25, -0.2) is 4.98 Å². The number of nitrogens with one attached hydrogen (secondary N) is 1. The third kappa shape index (κ3) is 2.82. The number of rotatable bonds is 3. The van der Waals surface area contributed by atoms with Gasteiger partial charge >= 0.3 is 0 Å². The van der Waals surface area contributed by atoms with Gasteiger partial charge in [-0.15, -0.1) is 0 Å². The highest BCUT2D eigenvalue weighted by molar-refractivity contribution is 5.95. The molecule has 19 heavy (non-hydrogen) atoms. The highest BCUT2D eigenvalue weighted by atomic mass is 16.3. The van der Waals surface area contributed by atoms with Gasteiger partial charge in [-0.05, 0) is 25.1 Å². The number of amides is 1. The maximum absolute atomic E-state index is 12.1. The predicted molar refractivity (Wildman–Crippen MR) is 69.4 cm³/mol. The topological polar surface area (TPSA) is 108 Å². The first-order valence-corrected chi connectivity index (χ1v) is 5.69. The van der Waals surface area contributed by atoms with E-state index in [0.717, 1.165) is 0 Å². The molecule has 0 atom stereocenters. The third-order valence-electron chi connectivity index (χ3n) is 2.65. The van der Waals surface area contributed by atoms with Crippen LogP contribution in [-0.4, -0.2) is 38.1 Å². The Labute approximate surface area is 110 Å². The molecule has 0 unspecified atom stereocenters. The molecule has 7 heteroatoms. The van der Waals surface area contributed by atoms with E-state index in [2.05, 4.69) is 15.2 Å². The van der Waals surface area contributed by atoms with Crippen molar-refractivity contribution in [3.63, 3.8) is 0 Å². The summed E-state index contributed by atoms with van der Waals surface area (Å²) in [4.78, 5) is 17.7. The Morgan fingerprint density at radius 2 is 2.26 bits per heavy atom. The zero-order chi connectivity index (χ0) is 14.0. The van der Waals surface area contributed by atoms with Crippen LogP contribution in [0.15, 0.2) is 18.2 Å². The van der Waals surface area contributed by atoms with Gasteiger partial charge in [-0.3, -0.25) is 9.89 Å². The minimum absolute atomic E-state index is 0.104. The van der Waals surface area contributed by atoms with Gasteiger partial charge in [0.25, 0.3) is 5.91 Å².